The van der Waals surface area contributed by atoms with Crippen LogP contribution in [-0.2, 0) is 29.0 Å². The fourth-order valence-corrected chi connectivity index (χ4v) is 7.38. The van der Waals surface area contributed by atoms with Crippen LogP contribution >= 0.6 is 11.3 Å². The predicted octanol–water partition coefficient (Wildman–Crippen LogP) is 2.29. The Kier molecular flexibility index (Phi) is 12.4. The summed E-state index contributed by atoms with van der Waals surface area (Å²) in [5, 5.41) is 2.64. The number of benzene rings is 2. The number of allylic oxidation sites excluding steroid dienone is 2. The number of aryl methyl sites for hydroxylation is 2. The Morgan fingerprint density at radius 2 is 1.78 bits per heavy atom. The number of hydrogen-bond acceptors (Lipinski definition) is 13. The number of fused-ring (bicyclic) bond motifs is 2. The smallest absolute Gasteiger partial charge is 0.317 e. The van der Waals surface area contributed by atoms with E-state index in [1.807, 2.05) is 19.1 Å². The highest BCUT2D eigenvalue weighted by molar-refractivity contribution is 7.16. The van der Waals surface area contributed by atoms with Gasteiger partial charge in [0.1, 0.15) is 22.5 Å². The van der Waals surface area contributed by atoms with Crippen molar-refractivity contribution in [3.63, 3.8) is 0 Å². The summed E-state index contributed by atoms with van der Waals surface area (Å²) in [6, 6.07) is 6.33. The number of nitrogens with two attached hydrogens (primary N) is 2. The lowest BCUT2D eigenvalue weighted by atomic mass is 10.1. The average Bonchev–Trinajstić information content (AvgIpc) is 3.86. The molecule has 6 N–H and O–H groups in total. The lowest BCUT2D eigenvalue weighted by Crippen LogP contribution is -2.37. The number of imidazole rings is 1. The Bertz CT molecular complexity index is 2330. The number of rotatable bonds is 16. The molecule has 1 aliphatic heterocycles. The first-order chi connectivity index (χ1) is 26.6. The number of hydrazine groups is 1. The van der Waals surface area contributed by atoms with Gasteiger partial charge in [0.2, 0.25) is 24.0 Å². The SMILES string of the molecule is CCc1nc(C)oc1C(=O)N=c1sc2cc(C(=O)NN)cc(OC)c2n1C/C=C/Cn1c(NC=O)nc2cc(C(N)=O)cc(OCCCN3CCOCC3)c21. The average molecular weight is 775 g/mol. The zero-order valence-electron chi connectivity index (χ0n) is 30.6. The van der Waals surface area contributed by atoms with E-state index in [1.165, 1.54) is 18.4 Å². The van der Waals surface area contributed by atoms with Gasteiger partial charge in [0.25, 0.3) is 5.91 Å². The van der Waals surface area contributed by atoms with Crippen molar-refractivity contribution < 1.29 is 37.8 Å². The van der Waals surface area contributed by atoms with Gasteiger partial charge in [0.05, 0.1) is 42.8 Å². The molecule has 0 radical (unpaired) electrons. The van der Waals surface area contributed by atoms with E-state index < -0.39 is 17.7 Å². The summed E-state index contributed by atoms with van der Waals surface area (Å²) in [5.41, 5.74) is 10.3. The number of primary amides is 1. The highest BCUT2D eigenvalue weighted by Crippen LogP contribution is 2.32. The number of carbonyl (C=O) groups excluding carboxylic acids is 4. The summed E-state index contributed by atoms with van der Waals surface area (Å²) >= 11 is 1.18. The molecule has 1 aliphatic rings. The number of carbonyl (C=O) groups is 4. The van der Waals surface area contributed by atoms with Gasteiger partial charge in [-0.1, -0.05) is 30.4 Å². The van der Waals surface area contributed by atoms with E-state index in [-0.39, 0.29) is 35.9 Å². The minimum absolute atomic E-state index is 0.0514. The zero-order chi connectivity index (χ0) is 39.1. The molecule has 4 heterocycles. The fourth-order valence-electron chi connectivity index (χ4n) is 6.29. The van der Waals surface area contributed by atoms with Crippen LogP contribution in [0.25, 0.3) is 21.3 Å². The number of nitrogens with one attached hydrogen (secondary N) is 2. The molecule has 1 fully saturated rings. The Hall–Kier alpha value is -5.89. The molecule has 1 saturated heterocycles. The molecular weight excluding hydrogens is 733 g/mol. The number of nitrogens with zero attached hydrogens (tertiary/aromatic N) is 6. The van der Waals surface area contributed by atoms with Crippen molar-refractivity contribution in [2.45, 2.75) is 39.8 Å². The summed E-state index contributed by atoms with van der Waals surface area (Å²) in [4.78, 5) is 65.8. The number of aromatic nitrogens is 4. The molecule has 55 heavy (non-hydrogen) atoms. The van der Waals surface area contributed by atoms with Gasteiger partial charge in [-0.15, -0.1) is 0 Å². The van der Waals surface area contributed by atoms with Crippen LogP contribution < -0.4 is 36.6 Å². The van der Waals surface area contributed by atoms with Crippen LogP contribution in [0.2, 0.25) is 0 Å². The van der Waals surface area contributed by atoms with Gasteiger partial charge in [-0.25, -0.2) is 15.8 Å². The Balaban J connectivity index is 1.35. The highest BCUT2D eigenvalue weighted by atomic mass is 32.1. The van der Waals surface area contributed by atoms with Gasteiger partial charge in [-0.3, -0.25) is 34.8 Å². The molecule has 0 aliphatic carbocycles. The van der Waals surface area contributed by atoms with Crippen LogP contribution in [0.5, 0.6) is 11.5 Å². The number of hydrogen-bond donors (Lipinski definition) is 4. The van der Waals surface area contributed by atoms with Crippen molar-refractivity contribution in [3.8, 4) is 11.5 Å². The van der Waals surface area contributed by atoms with Crippen molar-refractivity contribution in [2.24, 2.45) is 16.6 Å². The molecule has 4 amide bonds. The summed E-state index contributed by atoms with van der Waals surface area (Å²) in [7, 11) is 1.47. The number of ether oxygens (including phenoxy) is 3. The molecular formula is C36H42N10O8S. The molecule has 3 aromatic heterocycles. The Labute approximate surface area is 318 Å². The van der Waals surface area contributed by atoms with Crippen LogP contribution in [-0.4, -0.2) is 94.7 Å². The van der Waals surface area contributed by atoms with Crippen molar-refractivity contribution in [2.75, 3.05) is 51.9 Å². The second kappa shape index (κ2) is 17.5. The van der Waals surface area contributed by atoms with Crippen LogP contribution in [0.1, 0.15) is 56.2 Å². The maximum Gasteiger partial charge on any atom is 0.317 e. The predicted molar refractivity (Wildman–Crippen MR) is 203 cm³/mol. The summed E-state index contributed by atoms with van der Waals surface area (Å²) < 4.78 is 27.1. The highest BCUT2D eigenvalue weighted by Gasteiger charge is 2.21. The number of methoxy groups -OCH3 is 1. The maximum absolute atomic E-state index is 13.5. The second-order valence-electron chi connectivity index (χ2n) is 12.4. The molecule has 0 unspecified atom stereocenters. The number of anilines is 1. The maximum atomic E-state index is 13.5. The van der Waals surface area contributed by atoms with E-state index in [2.05, 4.69) is 30.6 Å². The van der Waals surface area contributed by atoms with Crippen molar-refractivity contribution >= 4 is 62.7 Å². The fraction of sp³-hybridized carbons (Fsp3) is 0.361. The minimum Gasteiger partial charge on any atom is -0.494 e. The number of oxazole rings is 1. The zero-order valence-corrected chi connectivity index (χ0v) is 31.4. The lowest BCUT2D eigenvalue weighted by molar-refractivity contribution is -0.105. The number of amides is 4. The molecule has 6 rings (SSSR count). The van der Waals surface area contributed by atoms with E-state index in [0.29, 0.717) is 81.8 Å². The molecule has 290 valence electrons. The Morgan fingerprint density at radius 3 is 2.47 bits per heavy atom. The van der Waals surface area contributed by atoms with Crippen LogP contribution in [0, 0.1) is 6.92 Å². The van der Waals surface area contributed by atoms with Gasteiger partial charge >= 0.3 is 5.91 Å². The monoisotopic (exact) mass is 774 g/mol. The quantitative estimate of drug-likeness (QED) is 0.0282. The van der Waals surface area contributed by atoms with E-state index in [9.17, 15) is 19.2 Å². The first kappa shape index (κ1) is 38.8. The Morgan fingerprint density at radius 1 is 1.04 bits per heavy atom. The third kappa shape index (κ3) is 8.59. The van der Waals surface area contributed by atoms with Gasteiger partial charge in [-0.2, -0.15) is 4.99 Å². The first-order valence-corrected chi connectivity index (χ1v) is 18.4. The normalized spacial score (nSPS) is 13.9. The molecule has 19 heteroatoms. The summed E-state index contributed by atoms with van der Waals surface area (Å²) in [6.45, 7) is 8.24. The minimum atomic E-state index is -0.644. The van der Waals surface area contributed by atoms with Crippen molar-refractivity contribution in [1.29, 1.82) is 0 Å². The molecule has 0 spiro atoms. The van der Waals surface area contributed by atoms with E-state index in [0.717, 1.165) is 26.1 Å². The molecule has 0 atom stereocenters. The van der Waals surface area contributed by atoms with Gasteiger partial charge in [0.15, 0.2) is 10.7 Å². The summed E-state index contributed by atoms with van der Waals surface area (Å²) in [6.07, 6.45) is 5.42. The molecule has 18 nitrogen and oxygen atoms in total. The molecule has 5 aromatic rings. The van der Waals surface area contributed by atoms with Crippen LogP contribution in [0.3, 0.4) is 0 Å². The van der Waals surface area contributed by atoms with E-state index >= 15 is 0 Å². The molecule has 2 aromatic carbocycles. The number of morpholine rings is 1. The van der Waals surface area contributed by atoms with Gasteiger partial charge in [0, 0.05) is 50.8 Å². The standard InChI is InChI=1S/C36H42N10O8S/c1-4-24-31(54-21(2)40-24)34(50)42-36-46(30-26(51-3)18-23(33(49)43-38)19-28(30)55-36)10-6-5-9-45-29-25(41-35(45)39-20-47)16-22(32(37)48)17-27(29)53-13-7-8-44-11-14-52-15-12-44/h5-6,16-20H,4,7-15,38H2,1-3H3,(H2,37,48)(H,43,49)(H,39,41,47)/b6-5+,42-36?. The van der Waals surface area contributed by atoms with Crippen molar-refractivity contribution in [1.82, 2.24) is 29.4 Å². The van der Waals surface area contributed by atoms with E-state index in [1.54, 1.807) is 40.3 Å². The number of thiazole rings is 1. The third-order valence-electron chi connectivity index (χ3n) is 8.89. The molecule has 0 bridgehead atoms. The third-order valence-corrected chi connectivity index (χ3v) is 9.91. The first-order valence-electron chi connectivity index (χ1n) is 17.6. The summed E-state index contributed by atoms with van der Waals surface area (Å²) in [5.74, 6) is 5.02. The van der Waals surface area contributed by atoms with Crippen LogP contribution in [0.15, 0.2) is 45.8 Å². The number of nitrogen functional groups attached to an aromatic ring is 1. The largest absolute Gasteiger partial charge is 0.494 e. The second-order valence-corrected chi connectivity index (χ2v) is 13.4. The molecule has 0 saturated carbocycles. The van der Waals surface area contributed by atoms with Gasteiger partial charge in [-0.05, 0) is 37.1 Å². The van der Waals surface area contributed by atoms with Crippen molar-refractivity contribution in [3.05, 3.63) is 69.7 Å². The van der Waals surface area contributed by atoms with Gasteiger partial charge < -0.3 is 33.5 Å². The topological polar surface area (TPSA) is 236 Å². The van der Waals surface area contributed by atoms with Crippen LogP contribution in [0.4, 0.5) is 5.95 Å². The lowest BCUT2D eigenvalue weighted by Gasteiger charge is -2.26. The van der Waals surface area contributed by atoms with E-state index in [4.69, 9.17) is 30.2 Å².